The summed E-state index contributed by atoms with van der Waals surface area (Å²) in [6, 6.07) is 30.5. The molecule has 0 aliphatic carbocycles. The quantitative estimate of drug-likeness (QED) is 0.514. The van der Waals surface area contributed by atoms with Gasteiger partial charge in [0.2, 0.25) is 0 Å². The van der Waals surface area contributed by atoms with Gasteiger partial charge in [-0.1, -0.05) is 0 Å². The van der Waals surface area contributed by atoms with Crippen LogP contribution in [0, 0.1) is 0 Å². The number of carbonyl (C=O) groups is 1. The predicted molar refractivity (Wildman–Crippen MR) is 85.0 cm³/mol. The summed E-state index contributed by atoms with van der Waals surface area (Å²) in [7, 11) is 0. The summed E-state index contributed by atoms with van der Waals surface area (Å²) < 4.78 is 3.43. The summed E-state index contributed by atoms with van der Waals surface area (Å²) in [6.45, 7) is 0. The molecule has 1 nitrogen and oxygen atoms in total. The third-order valence-electron chi connectivity index (χ3n) is 3.18. The normalized spacial score (nSPS) is 11.8. The molecule has 0 saturated heterocycles. The molecule has 2 heteroatoms. The van der Waals surface area contributed by atoms with E-state index >= 15 is 0 Å². The number of hydrogen-bond acceptors (Lipinski definition) is 1. The van der Waals surface area contributed by atoms with E-state index in [0.29, 0.717) is 0 Å². The zero-order valence-corrected chi connectivity index (χ0v) is 13.1. The Bertz CT molecular complexity index is 612. The molecule has 3 aromatic rings. The van der Waals surface area contributed by atoms with Crippen molar-refractivity contribution in [1.82, 2.24) is 0 Å². The average Bonchev–Trinajstić information content (AvgIpc) is 2.59. The minimum atomic E-state index is -2.85. The summed E-state index contributed by atoms with van der Waals surface area (Å²) in [5.41, 5.74) is 0. The van der Waals surface area contributed by atoms with Crippen LogP contribution < -0.4 is 12.5 Å². The van der Waals surface area contributed by atoms with Crippen LogP contribution in [0.1, 0.15) is 0 Å². The van der Waals surface area contributed by atoms with E-state index in [-0.39, 0.29) is 0 Å². The molecular formula is C19H16ORh. The van der Waals surface area contributed by atoms with E-state index in [1.54, 1.807) is 0 Å². The molecular weight excluding hydrogens is 347 g/mol. The van der Waals surface area contributed by atoms with Crippen LogP contribution in [0.3, 0.4) is 0 Å². The van der Waals surface area contributed by atoms with E-state index in [4.69, 9.17) is 0 Å². The minimum absolute atomic E-state index is 1.14. The van der Waals surface area contributed by atoms with Gasteiger partial charge in [0.1, 0.15) is 0 Å². The summed E-state index contributed by atoms with van der Waals surface area (Å²) in [5.74, 6) is 0. The molecule has 3 rings (SSSR count). The van der Waals surface area contributed by atoms with Crippen molar-refractivity contribution in [3.63, 3.8) is 0 Å². The maximum absolute atomic E-state index is 12.3. The maximum atomic E-state index is 12.3. The molecule has 0 amide bonds. The van der Waals surface area contributed by atoms with Crippen LogP contribution >= 0.6 is 0 Å². The molecule has 0 aliphatic rings. The van der Waals surface area contributed by atoms with Gasteiger partial charge < -0.3 is 0 Å². The number of benzene rings is 3. The van der Waals surface area contributed by atoms with Gasteiger partial charge in [0.25, 0.3) is 0 Å². The molecule has 0 heterocycles. The second-order valence-corrected chi connectivity index (χ2v) is 10.3. The second kappa shape index (κ2) is 6.16. The van der Waals surface area contributed by atoms with Crippen molar-refractivity contribution in [2.75, 3.05) is 0 Å². The van der Waals surface area contributed by atoms with Gasteiger partial charge in [-0.05, 0) is 0 Å². The van der Waals surface area contributed by atoms with Crippen molar-refractivity contribution in [2.24, 2.45) is 0 Å². The van der Waals surface area contributed by atoms with Crippen LogP contribution in [-0.4, -0.2) is 4.88 Å². The Morgan fingerprint density at radius 1 is 0.524 bits per heavy atom. The van der Waals surface area contributed by atoms with Crippen molar-refractivity contribution >= 4 is 17.4 Å². The summed E-state index contributed by atoms with van der Waals surface area (Å²) in [5, 5.41) is 0. The Kier molecular flexibility index (Phi) is 4.08. The van der Waals surface area contributed by atoms with Gasteiger partial charge in [-0.15, -0.1) is 0 Å². The van der Waals surface area contributed by atoms with Gasteiger partial charge >= 0.3 is 128 Å². The molecule has 0 spiro atoms. The molecule has 0 radical (unpaired) electrons. The van der Waals surface area contributed by atoms with Crippen molar-refractivity contribution in [2.45, 2.75) is 0 Å². The SMILES string of the molecule is O=[CH][Rh]([c]1ccccc1)([c]1ccccc1)[c]1ccccc1. The molecule has 0 unspecified atom stereocenters. The fraction of sp³-hybridized carbons (Fsp3) is 0. The summed E-state index contributed by atoms with van der Waals surface area (Å²) in [4.78, 5) is 13.5. The van der Waals surface area contributed by atoms with Crippen LogP contribution in [0.5, 0.6) is 0 Å². The average molecular weight is 363 g/mol. The van der Waals surface area contributed by atoms with E-state index in [1.807, 2.05) is 54.6 Å². The van der Waals surface area contributed by atoms with Crippen LogP contribution in [0.25, 0.3) is 0 Å². The first-order chi connectivity index (χ1) is 10.4. The van der Waals surface area contributed by atoms with Crippen LogP contribution in [0.4, 0.5) is 0 Å². The van der Waals surface area contributed by atoms with Crippen LogP contribution in [-0.2, 0) is 19.6 Å². The molecule has 107 valence electrons. The first-order valence-electron chi connectivity index (χ1n) is 6.66. The summed E-state index contributed by atoms with van der Waals surface area (Å²) >= 11 is -2.85. The van der Waals surface area contributed by atoms with Crippen molar-refractivity contribution < 1.29 is 19.6 Å². The molecule has 0 aliphatic heterocycles. The Morgan fingerprint density at radius 3 is 1.05 bits per heavy atom. The first-order valence-corrected chi connectivity index (χ1v) is 10.1. The number of rotatable bonds is 4. The molecule has 3 aromatic carbocycles. The molecule has 0 fully saturated rings. The Hall–Kier alpha value is -2.05. The van der Waals surface area contributed by atoms with Gasteiger partial charge in [-0.3, -0.25) is 0 Å². The molecule has 0 aromatic heterocycles. The molecule has 0 atom stereocenters. The van der Waals surface area contributed by atoms with Gasteiger partial charge in [0.15, 0.2) is 0 Å². The van der Waals surface area contributed by atoms with Crippen molar-refractivity contribution in [3.05, 3.63) is 91.0 Å². The van der Waals surface area contributed by atoms with E-state index in [9.17, 15) is 4.79 Å². The third-order valence-corrected chi connectivity index (χ3v) is 9.88. The number of hydrogen-bond donors (Lipinski definition) is 0. The van der Waals surface area contributed by atoms with Gasteiger partial charge in [-0.25, -0.2) is 0 Å². The molecule has 0 bridgehead atoms. The number of carbonyl (C=O) groups excluding carboxylic acids is 1. The van der Waals surface area contributed by atoms with Crippen molar-refractivity contribution in [3.8, 4) is 0 Å². The first kappa shape index (κ1) is 13.9. The zero-order valence-electron chi connectivity index (χ0n) is 11.5. The fourth-order valence-corrected chi connectivity index (χ4v) is 8.05. The Labute approximate surface area is 128 Å². The standard InChI is InChI=1S/3C6H5.CHO.Rh/c3*1-2-4-6-5-3-1;1-2;/h3*1-5H;1H;. The van der Waals surface area contributed by atoms with E-state index in [1.165, 1.54) is 4.88 Å². The summed E-state index contributed by atoms with van der Waals surface area (Å²) in [6.07, 6.45) is 0. The predicted octanol–water partition coefficient (Wildman–Crippen LogP) is 2.31. The zero-order chi connectivity index (χ0) is 14.5. The van der Waals surface area contributed by atoms with Gasteiger partial charge in [-0.2, -0.15) is 0 Å². The van der Waals surface area contributed by atoms with E-state index < -0.39 is 14.8 Å². The fourth-order valence-electron chi connectivity index (χ4n) is 2.21. The van der Waals surface area contributed by atoms with Crippen molar-refractivity contribution in [1.29, 1.82) is 0 Å². The van der Waals surface area contributed by atoms with E-state index in [0.717, 1.165) is 12.5 Å². The molecule has 21 heavy (non-hydrogen) atoms. The van der Waals surface area contributed by atoms with Crippen LogP contribution in [0.15, 0.2) is 91.0 Å². The Morgan fingerprint density at radius 2 is 0.810 bits per heavy atom. The van der Waals surface area contributed by atoms with E-state index in [2.05, 4.69) is 36.4 Å². The third kappa shape index (κ3) is 2.48. The monoisotopic (exact) mass is 363 g/mol. The topological polar surface area (TPSA) is 17.1 Å². The second-order valence-electron chi connectivity index (χ2n) is 4.43. The Balaban J connectivity index is 2.31. The molecule has 0 N–H and O–H groups in total. The van der Waals surface area contributed by atoms with Gasteiger partial charge in [0, 0.05) is 0 Å². The molecule has 0 saturated carbocycles. The van der Waals surface area contributed by atoms with Crippen LogP contribution in [0.2, 0.25) is 0 Å². The van der Waals surface area contributed by atoms with Gasteiger partial charge in [0.05, 0.1) is 0 Å².